The van der Waals surface area contributed by atoms with E-state index in [0.717, 1.165) is 0 Å². The van der Waals surface area contributed by atoms with Crippen molar-refractivity contribution in [3.05, 3.63) is 23.5 Å². The number of hydrogen-bond donors (Lipinski definition) is 2. The average molecular weight is 294 g/mol. The maximum atomic E-state index is 12.3. The topological polar surface area (TPSA) is 97.6 Å². The molecule has 0 unspecified atom stereocenters. The summed E-state index contributed by atoms with van der Waals surface area (Å²) < 4.78 is 6.67. The van der Waals surface area contributed by atoms with Crippen LogP contribution >= 0.6 is 0 Å². The van der Waals surface area contributed by atoms with Crippen LogP contribution in [0.3, 0.4) is 0 Å². The zero-order chi connectivity index (χ0) is 15.6. The van der Waals surface area contributed by atoms with Crippen LogP contribution < -0.4 is 5.32 Å². The number of hydrogen-bond acceptors (Lipinski definition) is 4. The first kappa shape index (κ1) is 15.2. The molecule has 7 nitrogen and oxygen atoms in total. The molecule has 0 atom stereocenters. The van der Waals surface area contributed by atoms with E-state index in [1.54, 1.807) is 13.2 Å². The van der Waals surface area contributed by atoms with Crippen LogP contribution in [-0.2, 0) is 16.6 Å². The summed E-state index contributed by atoms with van der Waals surface area (Å²) in [5.74, 6) is -1.72. The summed E-state index contributed by atoms with van der Waals surface area (Å²) in [7, 11) is 1.64. The van der Waals surface area contributed by atoms with E-state index >= 15 is 0 Å². The number of carbonyl (C=O) groups is 3. The number of amides is 1. The van der Waals surface area contributed by atoms with Gasteiger partial charge in [0, 0.05) is 44.9 Å². The number of ether oxygens (including phenoxy) is 1. The van der Waals surface area contributed by atoms with Gasteiger partial charge in [-0.3, -0.25) is 9.59 Å². The molecule has 0 saturated carbocycles. The van der Waals surface area contributed by atoms with Crippen LogP contribution in [0, 0.1) is 0 Å². The summed E-state index contributed by atoms with van der Waals surface area (Å²) in [6, 6.07) is 1.46. The van der Waals surface area contributed by atoms with Gasteiger partial charge in [0.15, 0.2) is 5.78 Å². The minimum atomic E-state index is -1.31. The number of rotatable bonds is 4. The normalized spacial score (nSPS) is 17.2. The maximum Gasteiger partial charge on any atom is 0.329 e. The Balaban J connectivity index is 2.23. The number of carbonyl (C=O) groups excluding carboxylic acids is 2. The number of ketones is 1. The van der Waals surface area contributed by atoms with E-state index in [1.807, 2.05) is 0 Å². The fourth-order valence-electron chi connectivity index (χ4n) is 2.38. The van der Waals surface area contributed by atoms with Crippen LogP contribution in [0.2, 0.25) is 0 Å². The Morgan fingerprint density at radius 2 is 1.95 bits per heavy atom. The molecule has 0 aliphatic carbocycles. The van der Waals surface area contributed by atoms with Gasteiger partial charge in [-0.2, -0.15) is 0 Å². The first-order valence-electron chi connectivity index (χ1n) is 6.67. The van der Waals surface area contributed by atoms with E-state index < -0.39 is 17.4 Å². The average Bonchev–Trinajstić information content (AvgIpc) is 2.82. The molecule has 21 heavy (non-hydrogen) atoms. The second-order valence-electron chi connectivity index (χ2n) is 5.23. The number of Topliss-reactive ketones (excluding diaryl/α,β-unsaturated/α-hetero) is 1. The molecule has 1 aromatic rings. The third kappa shape index (κ3) is 2.97. The van der Waals surface area contributed by atoms with Crippen molar-refractivity contribution in [2.45, 2.75) is 25.3 Å². The van der Waals surface area contributed by atoms with Crippen LogP contribution in [-0.4, -0.2) is 46.1 Å². The zero-order valence-corrected chi connectivity index (χ0v) is 12.0. The number of carboxylic acid groups (broad SMARTS) is 1. The van der Waals surface area contributed by atoms with Gasteiger partial charge >= 0.3 is 5.97 Å². The molecule has 114 valence electrons. The molecule has 0 radical (unpaired) electrons. The first-order valence-corrected chi connectivity index (χ1v) is 6.67. The minimum absolute atomic E-state index is 0.149. The number of nitrogens with zero attached hydrogens (tertiary/aromatic N) is 1. The van der Waals surface area contributed by atoms with Gasteiger partial charge in [-0.25, -0.2) is 4.79 Å². The lowest BCUT2D eigenvalue weighted by molar-refractivity contribution is -0.148. The summed E-state index contributed by atoms with van der Waals surface area (Å²) >= 11 is 0. The lowest BCUT2D eigenvalue weighted by atomic mass is 9.90. The quantitative estimate of drug-likeness (QED) is 0.792. The van der Waals surface area contributed by atoms with Crippen LogP contribution in [0.1, 0.15) is 40.6 Å². The minimum Gasteiger partial charge on any atom is -0.480 e. The number of aromatic nitrogens is 1. The van der Waals surface area contributed by atoms with E-state index in [0.29, 0.717) is 18.8 Å². The maximum absolute atomic E-state index is 12.3. The van der Waals surface area contributed by atoms with Crippen molar-refractivity contribution in [3.8, 4) is 0 Å². The highest BCUT2D eigenvalue weighted by atomic mass is 16.5. The second-order valence-corrected chi connectivity index (χ2v) is 5.23. The van der Waals surface area contributed by atoms with Gasteiger partial charge in [-0.05, 0) is 13.0 Å². The second kappa shape index (κ2) is 5.69. The largest absolute Gasteiger partial charge is 0.480 e. The standard InChI is InChI=1S/C14H18N2O5/c1-9(17)10-7-11(16(2)8-10)12(18)15-14(13(19)20)3-5-21-6-4-14/h7-8H,3-6H2,1-2H3,(H,15,18)(H,19,20). The fourth-order valence-corrected chi connectivity index (χ4v) is 2.38. The van der Waals surface area contributed by atoms with Crippen molar-refractivity contribution in [3.63, 3.8) is 0 Å². The summed E-state index contributed by atoms with van der Waals surface area (Å²) in [6.07, 6.45) is 1.99. The predicted molar refractivity (Wildman–Crippen MR) is 73.3 cm³/mol. The van der Waals surface area contributed by atoms with E-state index in [2.05, 4.69) is 5.32 Å². The Labute approximate surface area is 121 Å². The molecule has 7 heteroatoms. The summed E-state index contributed by atoms with van der Waals surface area (Å²) in [5.41, 5.74) is -0.637. The summed E-state index contributed by atoms with van der Waals surface area (Å²) in [6.45, 7) is 1.99. The van der Waals surface area contributed by atoms with E-state index in [-0.39, 0.29) is 24.3 Å². The molecule has 2 heterocycles. The predicted octanol–water partition coefficient (Wildman–Crippen LogP) is 0.591. The number of carboxylic acids is 1. The monoisotopic (exact) mass is 294 g/mol. The molecule has 1 amide bonds. The molecule has 2 N–H and O–H groups in total. The van der Waals surface area contributed by atoms with E-state index in [1.165, 1.54) is 17.6 Å². The van der Waals surface area contributed by atoms with Crippen molar-refractivity contribution in [1.29, 1.82) is 0 Å². The van der Waals surface area contributed by atoms with Crippen molar-refractivity contribution in [1.82, 2.24) is 9.88 Å². The molecular weight excluding hydrogens is 276 g/mol. The Morgan fingerprint density at radius 3 is 2.43 bits per heavy atom. The van der Waals surface area contributed by atoms with Crippen molar-refractivity contribution >= 4 is 17.7 Å². The smallest absolute Gasteiger partial charge is 0.329 e. The number of nitrogens with one attached hydrogen (secondary N) is 1. The third-order valence-electron chi connectivity index (χ3n) is 3.75. The third-order valence-corrected chi connectivity index (χ3v) is 3.75. The van der Waals surface area contributed by atoms with Crippen molar-refractivity contribution < 1.29 is 24.2 Å². The van der Waals surface area contributed by atoms with Crippen LogP contribution in [0.15, 0.2) is 12.3 Å². The van der Waals surface area contributed by atoms with Crippen molar-refractivity contribution in [2.75, 3.05) is 13.2 Å². The number of aliphatic carboxylic acids is 1. The van der Waals surface area contributed by atoms with Crippen LogP contribution in [0.25, 0.3) is 0 Å². The molecule has 1 aliphatic heterocycles. The Bertz CT molecular complexity index is 584. The first-order chi connectivity index (χ1) is 9.85. The van der Waals surface area contributed by atoms with Gasteiger partial charge < -0.3 is 19.7 Å². The van der Waals surface area contributed by atoms with Gasteiger partial charge in [0.25, 0.3) is 5.91 Å². The Hall–Kier alpha value is -2.15. The van der Waals surface area contributed by atoms with Crippen LogP contribution in [0.4, 0.5) is 0 Å². The Kier molecular flexibility index (Phi) is 4.13. The van der Waals surface area contributed by atoms with E-state index in [9.17, 15) is 19.5 Å². The molecule has 1 saturated heterocycles. The summed E-state index contributed by atoms with van der Waals surface area (Å²) in [5, 5.41) is 12.0. The van der Waals surface area contributed by atoms with Crippen molar-refractivity contribution in [2.24, 2.45) is 7.05 Å². The van der Waals surface area contributed by atoms with Gasteiger partial charge in [0.05, 0.1) is 0 Å². The molecule has 1 fully saturated rings. The molecule has 2 rings (SSSR count). The molecule has 0 aromatic carbocycles. The fraction of sp³-hybridized carbons (Fsp3) is 0.500. The Morgan fingerprint density at radius 1 is 1.33 bits per heavy atom. The van der Waals surface area contributed by atoms with Gasteiger partial charge in [-0.1, -0.05) is 0 Å². The highest BCUT2D eigenvalue weighted by Gasteiger charge is 2.42. The van der Waals surface area contributed by atoms with Gasteiger partial charge in [-0.15, -0.1) is 0 Å². The molecular formula is C14H18N2O5. The lowest BCUT2D eigenvalue weighted by Crippen LogP contribution is -2.57. The molecule has 1 aromatic heterocycles. The number of aryl methyl sites for hydroxylation is 1. The molecule has 0 bridgehead atoms. The van der Waals surface area contributed by atoms with Gasteiger partial charge in [0.2, 0.25) is 0 Å². The van der Waals surface area contributed by atoms with Crippen LogP contribution in [0.5, 0.6) is 0 Å². The van der Waals surface area contributed by atoms with E-state index in [4.69, 9.17) is 4.74 Å². The van der Waals surface area contributed by atoms with Gasteiger partial charge in [0.1, 0.15) is 11.2 Å². The highest BCUT2D eigenvalue weighted by molar-refractivity contribution is 6.01. The zero-order valence-electron chi connectivity index (χ0n) is 12.0. The SMILES string of the molecule is CC(=O)c1cc(C(=O)NC2(C(=O)O)CCOCC2)n(C)c1. The summed E-state index contributed by atoms with van der Waals surface area (Å²) in [4.78, 5) is 35.2. The molecule has 1 aliphatic rings. The lowest BCUT2D eigenvalue weighted by Gasteiger charge is -2.33. The highest BCUT2D eigenvalue weighted by Crippen LogP contribution is 2.22. The molecule has 0 spiro atoms.